The van der Waals surface area contributed by atoms with Gasteiger partial charge in [-0.05, 0) is 83.1 Å². The molecule has 3 aromatic carbocycles. The summed E-state index contributed by atoms with van der Waals surface area (Å²) in [5.74, 6) is 1.21. The molecule has 1 saturated heterocycles. The molecular weight excluding hydrogens is 633 g/mol. The third-order valence-corrected chi connectivity index (χ3v) is 7.37. The molecule has 0 atom stereocenters. The molecule has 0 N–H and O–H groups in total. The summed E-state index contributed by atoms with van der Waals surface area (Å²) in [7, 11) is 0. The van der Waals surface area contributed by atoms with Crippen LogP contribution in [0.15, 0.2) is 76.1 Å². The first kappa shape index (κ1) is 24.3. The lowest BCUT2D eigenvalue weighted by atomic mass is 10.1. The molecular formula is C25H19BrINO3S2. The first-order valence-corrected chi connectivity index (χ1v) is 13.2. The number of carbonyl (C=O) groups excluding carboxylic acids is 1. The molecule has 0 spiro atoms. The molecule has 1 aliphatic heterocycles. The lowest BCUT2D eigenvalue weighted by Crippen LogP contribution is -2.27. The van der Waals surface area contributed by atoms with Crippen molar-refractivity contribution in [2.75, 3.05) is 11.5 Å². The molecule has 4 rings (SSSR count). The molecule has 3 aromatic rings. The topological polar surface area (TPSA) is 38.8 Å². The van der Waals surface area contributed by atoms with Gasteiger partial charge in [0.1, 0.15) is 6.61 Å². The molecule has 168 valence electrons. The Bertz CT molecular complexity index is 1220. The van der Waals surface area contributed by atoms with Gasteiger partial charge in [-0.2, -0.15) is 0 Å². The van der Waals surface area contributed by atoms with Gasteiger partial charge >= 0.3 is 0 Å². The summed E-state index contributed by atoms with van der Waals surface area (Å²) in [4.78, 5) is 15.2. The Hall–Kier alpha value is -1.88. The minimum absolute atomic E-state index is 0.135. The Morgan fingerprint density at radius 1 is 1.09 bits per heavy atom. The number of rotatable bonds is 7. The van der Waals surface area contributed by atoms with Crippen LogP contribution in [0.25, 0.3) is 6.08 Å². The summed E-state index contributed by atoms with van der Waals surface area (Å²) >= 11 is 12.4. The monoisotopic (exact) mass is 651 g/mol. The maximum absolute atomic E-state index is 13.1. The Labute approximate surface area is 224 Å². The quantitative estimate of drug-likeness (QED) is 0.151. The fraction of sp³-hybridized carbons (Fsp3) is 0.120. The maximum Gasteiger partial charge on any atom is 0.270 e. The van der Waals surface area contributed by atoms with Crippen molar-refractivity contribution < 1.29 is 14.3 Å². The number of halogens is 2. The molecule has 0 unspecified atom stereocenters. The number of anilines is 1. The van der Waals surface area contributed by atoms with Crippen LogP contribution < -0.4 is 14.4 Å². The van der Waals surface area contributed by atoms with Crippen LogP contribution in [0.4, 0.5) is 5.69 Å². The van der Waals surface area contributed by atoms with Gasteiger partial charge in [-0.25, -0.2) is 0 Å². The van der Waals surface area contributed by atoms with Crippen LogP contribution in [-0.4, -0.2) is 16.8 Å². The molecule has 0 aliphatic carbocycles. The molecule has 33 heavy (non-hydrogen) atoms. The van der Waals surface area contributed by atoms with Crippen molar-refractivity contribution in [3.05, 3.63) is 90.8 Å². The van der Waals surface area contributed by atoms with Gasteiger partial charge in [-0.15, -0.1) is 0 Å². The van der Waals surface area contributed by atoms with E-state index in [0.29, 0.717) is 33.9 Å². The average molecular weight is 652 g/mol. The third-order valence-electron chi connectivity index (χ3n) is 4.73. The van der Waals surface area contributed by atoms with Gasteiger partial charge in [0.15, 0.2) is 15.8 Å². The van der Waals surface area contributed by atoms with E-state index in [1.165, 1.54) is 11.8 Å². The van der Waals surface area contributed by atoms with Crippen molar-refractivity contribution in [2.24, 2.45) is 0 Å². The number of thioether (sulfide) groups is 1. The summed E-state index contributed by atoms with van der Waals surface area (Å²) in [6.45, 7) is 2.89. The Morgan fingerprint density at radius 2 is 1.82 bits per heavy atom. The predicted octanol–water partition coefficient (Wildman–Crippen LogP) is 7.44. The Kier molecular flexibility index (Phi) is 8.11. The molecule has 0 bridgehead atoms. The minimum Gasteiger partial charge on any atom is -0.490 e. The van der Waals surface area contributed by atoms with Crippen molar-refractivity contribution in [3.63, 3.8) is 0 Å². The van der Waals surface area contributed by atoms with E-state index < -0.39 is 0 Å². The van der Waals surface area contributed by atoms with Gasteiger partial charge in [-0.1, -0.05) is 70.2 Å². The zero-order valence-corrected chi connectivity index (χ0v) is 23.0. The SMILES string of the molecule is CCOc1cc(/C=C2/SC(=S)N(c3ccc(Br)cc3)C2=O)cc(I)c1OCc1ccccc1. The Balaban J connectivity index is 1.60. The third kappa shape index (κ3) is 5.79. The van der Waals surface area contributed by atoms with E-state index in [9.17, 15) is 4.79 Å². The highest BCUT2D eigenvalue weighted by Gasteiger charge is 2.33. The number of nitrogens with zero attached hydrogens (tertiary/aromatic N) is 1. The van der Waals surface area contributed by atoms with E-state index in [0.717, 1.165) is 24.9 Å². The largest absolute Gasteiger partial charge is 0.490 e. The van der Waals surface area contributed by atoms with Crippen LogP contribution in [0.3, 0.4) is 0 Å². The second-order valence-corrected chi connectivity index (χ2v) is 10.8. The van der Waals surface area contributed by atoms with Gasteiger partial charge in [0.05, 0.1) is 20.8 Å². The van der Waals surface area contributed by atoms with E-state index >= 15 is 0 Å². The number of hydrogen-bond donors (Lipinski definition) is 0. The fourth-order valence-electron chi connectivity index (χ4n) is 3.24. The molecule has 1 fully saturated rings. The summed E-state index contributed by atoms with van der Waals surface area (Å²) in [6.07, 6.45) is 1.85. The average Bonchev–Trinajstić information content (AvgIpc) is 3.07. The standard InChI is InChI=1S/C25H19BrINO3S2/c1-2-30-21-13-17(12-20(27)23(21)31-15-16-6-4-3-5-7-16)14-22-24(29)28(25(32)33-22)19-10-8-18(26)9-11-19/h3-14H,2,15H2,1H3/b22-14+. The van der Waals surface area contributed by atoms with Crippen LogP contribution in [0.1, 0.15) is 18.1 Å². The van der Waals surface area contributed by atoms with Gasteiger partial charge in [0.2, 0.25) is 0 Å². The van der Waals surface area contributed by atoms with E-state index in [1.54, 1.807) is 4.90 Å². The van der Waals surface area contributed by atoms with Crippen molar-refractivity contribution in [1.29, 1.82) is 0 Å². The van der Waals surface area contributed by atoms with E-state index in [-0.39, 0.29) is 5.91 Å². The van der Waals surface area contributed by atoms with Crippen molar-refractivity contribution in [3.8, 4) is 11.5 Å². The summed E-state index contributed by atoms with van der Waals surface area (Å²) in [5.41, 5.74) is 2.68. The highest BCUT2D eigenvalue weighted by atomic mass is 127. The molecule has 4 nitrogen and oxygen atoms in total. The van der Waals surface area contributed by atoms with Crippen molar-refractivity contribution >= 4 is 84.5 Å². The summed E-state index contributed by atoms with van der Waals surface area (Å²) < 4.78 is 14.3. The maximum atomic E-state index is 13.1. The van der Waals surface area contributed by atoms with Crippen LogP contribution in [0, 0.1) is 3.57 Å². The van der Waals surface area contributed by atoms with E-state index in [4.69, 9.17) is 21.7 Å². The summed E-state index contributed by atoms with van der Waals surface area (Å²) in [6, 6.07) is 21.4. The van der Waals surface area contributed by atoms with Crippen molar-refractivity contribution in [1.82, 2.24) is 0 Å². The highest BCUT2D eigenvalue weighted by molar-refractivity contribution is 14.1. The number of carbonyl (C=O) groups is 1. The minimum atomic E-state index is -0.135. The Morgan fingerprint density at radius 3 is 2.52 bits per heavy atom. The van der Waals surface area contributed by atoms with Gasteiger partial charge < -0.3 is 9.47 Å². The number of amides is 1. The molecule has 1 amide bonds. The smallest absolute Gasteiger partial charge is 0.270 e. The zero-order valence-electron chi connectivity index (χ0n) is 17.6. The number of thiocarbonyl (C=S) groups is 1. The van der Waals surface area contributed by atoms with Crippen LogP contribution in [0.5, 0.6) is 11.5 Å². The van der Waals surface area contributed by atoms with Crippen LogP contribution >= 0.6 is 62.5 Å². The number of ether oxygens (including phenoxy) is 2. The second-order valence-electron chi connectivity index (χ2n) is 7.03. The van der Waals surface area contributed by atoms with Crippen LogP contribution in [-0.2, 0) is 11.4 Å². The molecule has 1 heterocycles. The molecule has 0 saturated carbocycles. The van der Waals surface area contributed by atoms with Gasteiger partial charge in [-0.3, -0.25) is 9.69 Å². The second kappa shape index (κ2) is 11.0. The number of benzene rings is 3. The number of hydrogen-bond acceptors (Lipinski definition) is 5. The normalized spacial score (nSPS) is 14.8. The highest BCUT2D eigenvalue weighted by Crippen LogP contribution is 2.39. The lowest BCUT2D eigenvalue weighted by molar-refractivity contribution is -0.113. The van der Waals surface area contributed by atoms with E-state index in [1.807, 2.05) is 79.7 Å². The molecule has 1 aliphatic rings. The van der Waals surface area contributed by atoms with Gasteiger partial charge in [0, 0.05) is 4.47 Å². The molecule has 0 aromatic heterocycles. The van der Waals surface area contributed by atoms with Gasteiger partial charge in [0.25, 0.3) is 5.91 Å². The predicted molar refractivity (Wildman–Crippen MR) is 151 cm³/mol. The van der Waals surface area contributed by atoms with Crippen LogP contribution in [0.2, 0.25) is 0 Å². The molecule has 0 radical (unpaired) electrons. The van der Waals surface area contributed by atoms with E-state index in [2.05, 4.69) is 38.5 Å². The zero-order chi connectivity index (χ0) is 23.4. The van der Waals surface area contributed by atoms with Crippen molar-refractivity contribution in [2.45, 2.75) is 13.5 Å². The molecule has 8 heteroatoms. The first-order chi connectivity index (χ1) is 16.0. The lowest BCUT2D eigenvalue weighted by Gasteiger charge is -2.15. The first-order valence-electron chi connectivity index (χ1n) is 10.1. The fourth-order valence-corrected chi connectivity index (χ4v) is 5.58. The summed E-state index contributed by atoms with van der Waals surface area (Å²) in [5, 5.41) is 0.